The Bertz CT molecular complexity index is 943. The van der Waals surface area contributed by atoms with Gasteiger partial charge in [0.1, 0.15) is 5.60 Å². The van der Waals surface area contributed by atoms with Crippen molar-refractivity contribution in [1.29, 1.82) is 0 Å². The third kappa shape index (κ3) is 4.95. The first-order chi connectivity index (χ1) is 15.0. The monoisotopic (exact) mass is 443 g/mol. The van der Waals surface area contributed by atoms with E-state index in [0.717, 1.165) is 24.0 Å². The zero-order valence-electron chi connectivity index (χ0n) is 19.5. The number of hydrogen-bond acceptors (Lipinski definition) is 4. The van der Waals surface area contributed by atoms with Crippen LogP contribution in [0.5, 0.6) is 0 Å². The second kappa shape index (κ2) is 8.92. The molecule has 3 rings (SSSR count). The normalized spacial score (nSPS) is 21.7. The van der Waals surface area contributed by atoms with E-state index in [1.54, 1.807) is 32.9 Å². The van der Waals surface area contributed by atoms with Crippen molar-refractivity contribution in [3.05, 3.63) is 34.9 Å². The number of rotatable bonds is 4. The number of aryl methyl sites for hydroxylation is 1. The van der Waals surface area contributed by atoms with Crippen molar-refractivity contribution in [3.8, 4) is 0 Å². The Hall–Kier alpha value is -2.90. The number of nitrogens with one attached hydrogen (secondary N) is 1. The average molecular weight is 444 g/mol. The largest absolute Gasteiger partial charge is 0.478 e. The van der Waals surface area contributed by atoms with Gasteiger partial charge in [0.2, 0.25) is 11.9 Å². The lowest BCUT2D eigenvalue weighted by Crippen LogP contribution is -2.63. The van der Waals surface area contributed by atoms with Crippen molar-refractivity contribution in [2.75, 3.05) is 0 Å². The third-order valence-electron chi connectivity index (χ3n) is 6.29. The van der Waals surface area contributed by atoms with Crippen molar-refractivity contribution in [2.45, 2.75) is 90.3 Å². The van der Waals surface area contributed by atoms with Crippen LogP contribution in [-0.2, 0) is 16.0 Å². The number of benzene rings is 1. The minimum absolute atomic E-state index is 0.131. The molecule has 8 nitrogen and oxygen atoms in total. The highest BCUT2D eigenvalue weighted by Crippen LogP contribution is 2.38. The fourth-order valence-corrected chi connectivity index (χ4v) is 4.46. The fraction of sp³-hybridized carbons (Fsp3) is 0.583. The Kier molecular flexibility index (Phi) is 6.62. The molecule has 1 fully saturated rings. The first-order valence-corrected chi connectivity index (χ1v) is 11.3. The number of carboxylic acid groups (broad SMARTS) is 1. The van der Waals surface area contributed by atoms with E-state index in [1.165, 1.54) is 4.90 Å². The maximum atomic E-state index is 13.5. The van der Waals surface area contributed by atoms with Crippen LogP contribution in [0.4, 0.5) is 4.79 Å². The van der Waals surface area contributed by atoms with Crippen LogP contribution < -0.4 is 5.32 Å². The molecule has 1 heterocycles. The van der Waals surface area contributed by atoms with Crippen LogP contribution in [0.25, 0.3) is 0 Å². The standard InChI is InChI=1S/C24H33N3O5/c1-6-24(7-2)14-19(28)27(21(26-24)25-22(31)32-23(3,4)5)18-10-8-9-15-11-12-16(20(29)30)13-17(15)18/h11-13,18H,6-10,14H2,1-5H3,(H,29,30)(H,25,26,31). The minimum atomic E-state index is -1.01. The molecule has 1 aromatic rings. The average Bonchev–Trinajstić information content (AvgIpc) is 2.71. The maximum Gasteiger partial charge on any atom is 0.437 e. The van der Waals surface area contributed by atoms with E-state index in [-0.39, 0.29) is 23.9 Å². The second-order valence-electron chi connectivity index (χ2n) is 9.60. The molecule has 2 N–H and O–H groups in total. The Morgan fingerprint density at radius 3 is 2.56 bits per heavy atom. The van der Waals surface area contributed by atoms with E-state index in [9.17, 15) is 19.5 Å². The van der Waals surface area contributed by atoms with E-state index >= 15 is 0 Å². The topological polar surface area (TPSA) is 108 Å². The van der Waals surface area contributed by atoms with Crippen LogP contribution in [0, 0.1) is 0 Å². The van der Waals surface area contributed by atoms with Gasteiger partial charge in [0.15, 0.2) is 0 Å². The highest BCUT2D eigenvalue weighted by molar-refractivity contribution is 6.04. The summed E-state index contributed by atoms with van der Waals surface area (Å²) < 4.78 is 5.38. The molecule has 1 aliphatic heterocycles. The first-order valence-electron chi connectivity index (χ1n) is 11.3. The van der Waals surface area contributed by atoms with Gasteiger partial charge < -0.3 is 15.2 Å². The zero-order valence-corrected chi connectivity index (χ0v) is 19.5. The lowest BCUT2D eigenvalue weighted by atomic mass is 9.83. The van der Waals surface area contributed by atoms with Crippen LogP contribution >= 0.6 is 0 Å². The van der Waals surface area contributed by atoms with Crippen molar-refractivity contribution in [3.63, 3.8) is 0 Å². The van der Waals surface area contributed by atoms with Crippen LogP contribution in [0.2, 0.25) is 0 Å². The third-order valence-corrected chi connectivity index (χ3v) is 6.29. The number of aliphatic imine (C=N–C) groups is 1. The molecule has 1 aromatic carbocycles. The number of carbonyl (C=O) groups excluding carboxylic acids is 2. The van der Waals surface area contributed by atoms with E-state index in [1.807, 2.05) is 19.9 Å². The lowest BCUT2D eigenvalue weighted by Gasteiger charge is -2.46. The van der Waals surface area contributed by atoms with Crippen molar-refractivity contribution >= 4 is 23.9 Å². The van der Waals surface area contributed by atoms with Gasteiger partial charge in [-0.1, -0.05) is 19.9 Å². The summed E-state index contributed by atoms with van der Waals surface area (Å²) >= 11 is 0. The fourth-order valence-electron chi connectivity index (χ4n) is 4.46. The summed E-state index contributed by atoms with van der Waals surface area (Å²) in [5.41, 5.74) is 0.775. The number of amides is 2. The predicted octanol–water partition coefficient (Wildman–Crippen LogP) is 4.43. The van der Waals surface area contributed by atoms with Gasteiger partial charge in [-0.25, -0.2) is 9.59 Å². The molecule has 1 aliphatic carbocycles. The molecule has 0 spiro atoms. The Balaban J connectivity index is 2.07. The van der Waals surface area contributed by atoms with Crippen LogP contribution in [-0.4, -0.2) is 45.1 Å². The molecular formula is C24H33N3O5. The Morgan fingerprint density at radius 2 is 1.97 bits per heavy atom. The number of carboxylic acids is 1. The Labute approximate surface area is 189 Å². The molecule has 1 saturated heterocycles. The highest BCUT2D eigenvalue weighted by atomic mass is 16.6. The van der Waals surface area contributed by atoms with Crippen molar-refractivity contribution in [1.82, 2.24) is 10.2 Å². The molecule has 0 bridgehead atoms. The molecule has 32 heavy (non-hydrogen) atoms. The summed E-state index contributed by atoms with van der Waals surface area (Å²) in [6, 6.07) is 4.65. The van der Waals surface area contributed by atoms with Gasteiger partial charge in [-0.15, -0.1) is 4.99 Å². The smallest absolute Gasteiger partial charge is 0.437 e. The number of guanidine groups is 1. The number of aromatic carboxylic acids is 1. The quantitative estimate of drug-likeness (QED) is 0.712. The molecule has 1 unspecified atom stereocenters. The summed E-state index contributed by atoms with van der Waals surface area (Å²) in [4.78, 5) is 43.3. The van der Waals surface area contributed by atoms with Crippen LogP contribution in [0.1, 0.15) is 94.2 Å². The van der Waals surface area contributed by atoms with Gasteiger partial charge >= 0.3 is 12.1 Å². The number of hydrogen-bond donors (Lipinski definition) is 2. The molecule has 0 saturated carbocycles. The number of ether oxygens (including phenoxy) is 1. The summed E-state index contributed by atoms with van der Waals surface area (Å²) in [5.74, 6) is -0.968. The second-order valence-corrected chi connectivity index (χ2v) is 9.60. The molecule has 2 aliphatic rings. The zero-order chi connectivity index (χ0) is 23.7. The molecule has 0 aromatic heterocycles. The van der Waals surface area contributed by atoms with E-state index in [2.05, 4.69) is 10.3 Å². The number of carbonyl (C=O) groups is 3. The van der Waals surface area contributed by atoms with Gasteiger partial charge in [-0.2, -0.15) is 0 Å². The number of fused-ring (bicyclic) bond motifs is 1. The van der Waals surface area contributed by atoms with Crippen LogP contribution in [0.3, 0.4) is 0 Å². The first kappa shape index (κ1) is 23.8. The van der Waals surface area contributed by atoms with E-state index < -0.39 is 29.2 Å². The summed E-state index contributed by atoms with van der Waals surface area (Å²) in [6.07, 6.45) is 3.21. The SMILES string of the molecule is CCC1(CC)CC(=O)N(C2CCCc3ccc(C(=O)O)cc32)/C(=N/C(=O)OC(C)(C)C)N1. The molecule has 8 heteroatoms. The van der Waals surface area contributed by atoms with Crippen molar-refractivity contribution in [2.24, 2.45) is 4.99 Å². The van der Waals surface area contributed by atoms with Gasteiger partial charge in [0.25, 0.3) is 0 Å². The van der Waals surface area contributed by atoms with Gasteiger partial charge in [-0.3, -0.25) is 9.69 Å². The molecule has 2 amide bonds. The Morgan fingerprint density at radius 1 is 1.28 bits per heavy atom. The van der Waals surface area contributed by atoms with E-state index in [4.69, 9.17) is 4.74 Å². The minimum Gasteiger partial charge on any atom is -0.478 e. The lowest BCUT2D eigenvalue weighted by molar-refractivity contribution is -0.132. The molecule has 174 valence electrons. The van der Waals surface area contributed by atoms with Gasteiger partial charge in [-0.05, 0) is 76.1 Å². The van der Waals surface area contributed by atoms with Gasteiger partial charge in [0.05, 0.1) is 18.0 Å². The maximum absolute atomic E-state index is 13.5. The van der Waals surface area contributed by atoms with Crippen LogP contribution in [0.15, 0.2) is 23.2 Å². The van der Waals surface area contributed by atoms with Gasteiger partial charge in [0, 0.05) is 5.54 Å². The molecular weight excluding hydrogens is 410 g/mol. The predicted molar refractivity (Wildman–Crippen MR) is 121 cm³/mol. The summed E-state index contributed by atoms with van der Waals surface area (Å²) in [6.45, 7) is 9.28. The summed E-state index contributed by atoms with van der Waals surface area (Å²) in [7, 11) is 0. The van der Waals surface area contributed by atoms with Crippen molar-refractivity contribution < 1.29 is 24.2 Å². The molecule has 1 atom stereocenters. The number of nitrogens with zero attached hydrogens (tertiary/aromatic N) is 2. The highest BCUT2D eigenvalue weighted by Gasteiger charge is 2.44. The molecule has 0 radical (unpaired) electrons. The summed E-state index contributed by atoms with van der Waals surface area (Å²) in [5, 5.41) is 12.8. The van der Waals surface area contributed by atoms with E-state index in [0.29, 0.717) is 19.3 Å².